The number of benzene rings is 2. The molecule has 41 heavy (non-hydrogen) atoms. The van der Waals surface area contributed by atoms with Crippen molar-refractivity contribution in [3.63, 3.8) is 0 Å². The summed E-state index contributed by atoms with van der Waals surface area (Å²) in [5.41, 5.74) is -3.33. The summed E-state index contributed by atoms with van der Waals surface area (Å²) in [6, 6.07) is 10.6. The standard InChI is InChI=1S/C28H25F5N4O4/c1-5-15-13-18(29)22(19(30)14-15)24-23(35-25(38)16-9-11-17(12-10-16)41-28(31,32)33)26(39)37(36(24)4)21-8-6-7-20(34-21)27(2,3)40/h6-14,40H,5H2,1-4H3,(H,35,38). The van der Waals surface area contributed by atoms with Gasteiger partial charge in [0.25, 0.3) is 11.5 Å². The van der Waals surface area contributed by atoms with Gasteiger partial charge in [0.2, 0.25) is 0 Å². The van der Waals surface area contributed by atoms with Gasteiger partial charge in [0, 0.05) is 12.6 Å². The number of ether oxygens (including phenoxy) is 1. The quantitative estimate of drug-likeness (QED) is 0.285. The molecule has 0 spiro atoms. The fourth-order valence-electron chi connectivity index (χ4n) is 4.19. The minimum atomic E-state index is -4.94. The number of anilines is 1. The number of carbonyl (C=O) groups excluding carboxylic acids is 1. The van der Waals surface area contributed by atoms with Crippen LogP contribution in [-0.4, -0.2) is 31.7 Å². The van der Waals surface area contributed by atoms with Crippen LogP contribution in [0.15, 0.2) is 59.4 Å². The van der Waals surface area contributed by atoms with Crippen LogP contribution in [0.1, 0.15) is 42.4 Å². The van der Waals surface area contributed by atoms with E-state index < -0.39 is 52.1 Å². The lowest BCUT2D eigenvalue weighted by atomic mass is 10.0. The Morgan fingerprint density at radius 1 is 1.05 bits per heavy atom. The molecular weight excluding hydrogens is 551 g/mol. The summed E-state index contributed by atoms with van der Waals surface area (Å²) in [4.78, 5) is 31.1. The van der Waals surface area contributed by atoms with Crippen molar-refractivity contribution < 1.29 is 36.6 Å². The molecule has 4 rings (SSSR count). The highest BCUT2D eigenvalue weighted by molar-refractivity contribution is 6.06. The van der Waals surface area contributed by atoms with Crippen molar-refractivity contribution in [3.8, 4) is 22.8 Å². The molecule has 8 nitrogen and oxygen atoms in total. The number of pyridine rings is 1. The third-order valence-corrected chi connectivity index (χ3v) is 6.18. The second kappa shape index (κ2) is 10.8. The minimum absolute atomic E-state index is 0.0153. The molecule has 0 saturated heterocycles. The molecule has 0 aliphatic heterocycles. The van der Waals surface area contributed by atoms with Gasteiger partial charge in [-0.2, -0.15) is 4.68 Å². The molecule has 2 N–H and O–H groups in total. The summed E-state index contributed by atoms with van der Waals surface area (Å²) < 4.78 is 74.0. The van der Waals surface area contributed by atoms with E-state index in [1.165, 1.54) is 39.1 Å². The third kappa shape index (κ3) is 6.14. The number of hydrogen-bond donors (Lipinski definition) is 2. The maximum Gasteiger partial charge on any atom is 0.573 e. The first-order valence-electron chi connectivity index (χ1n) is 12.3. The van der Waals surface area contributed by atoms with Crippen LogP contribution < -0.4 is 15.6 Å². The molecule has 0 radical (unpaired) electrons. The van der Waals surface area contributed by atoms with Crippen molar-refractivity contribution in [3.05, 3.63) is 93.4 Å². The number of rotatable bonds is 7. The molecule has 1 amide bonds. The Kier molecular flexibility index (Phi) is 7.76. The van der Waals surface area contributed by atoms with Crippen molar-refractivity contribution in [2.45, 2.75) is 39.2 Å². The van der Waals surface area contributed by atoms with Crippen molar-refractivity contribution in [2.24, 2.45) is 7.05 Å². The van der Waals surface area contributed by atoms with Gasteiger partial charge in [-0.1, -0.05) is 13.0 Å². The predicted octanol–water partition coefficient (Wildman–Crippen LogP) is 5.46. The predicted molar refractivity (Wildman–Crippen MR) is 140 cm³/mol. The van der Waals surface area contributed by atoms with Crippen LogP contribution in [0.3, 0.4) is 0 Å². The average molecular weight is 577 g/mol. The van der Waals surface area contributed by atoms with Gasteiger partial charge in [-0.15, -0.1) is 13.2 Å². The van der Waals surface area contributed by atoms with Gasteiger partial charge in [-0.05, 0) is 74.4 Å². The Balaban J connectivity index is 1.88. The average Bonchev–Trinajstić information content (AvgIpc) is 3.11. The van der Waals surface area contributed by atoms with Crippen LogP contribution in [0.2, 0.25) is 0 Å². The van der Waals surface area contributed by atoms with E-state index in [1.54, 1.807) is 6.92 Å². The number of nitrogens with one attached hydrogen (secondary N) is 1. The first-order valence-corrected chi connectivity index (χ1v) is 12.3. The molecular formula is C28H25F5N4O4. The van der Waals surface area contributed by atoms with E-state index in [4.69, 9.17) is 0 Å². The molecule has 0 atom stereocenters. The van der Waals surface area contributed by atoms with E-state index in [-0.39, 0.29) is 22.8 Å². The minimum Gasteiger partial charge on any atom is -0.406 e. The number of aliphatic hydroxyl groups is 1. The van der Waals surface area contributed by atoms with Crippen LogP contribution in [0.25, 0.3) is 17.1 Å². The van der Waals surface area contributed by atoms with Gasteiger partial charge in [0.1, 0.15) is 34.4 Å². The number of alkyl halides is 3. The second-order valence-electron chi connectivity index (χ2n) is 9.62. The summed E-state index contributed by atoms with van der Waals surface area (Å²) in [6.07, 6.45) is -4.61. The van der Waals surface area contributed by atoms with Gasteiger partial charge >= 0.3 is 6.36 Å². The zero-order chi connectivity index (χ0) is 30.3. The van der Waals surface area contributed by atoms with E-state index >= 15 is 8.78 Å². The topological polar surface area (TPSA) is 98.4 Å². The second-order valence-corrected chi connectivity index (χ2v) is 9.62. The molecule has 0 bridgehead atoms. The Morgan fingerprint density at radius 2 is 1.66 bits per heavy atom. The summed E-state index contributed by atoms with van der Waals surface area (Å²) in [5, 5.41) is 12.8. The molecule has 0 aliphatic rings. The normalized spacial score (nSPS) is 12.0. The number of aryl methyl sites for hydroxylation is 1. The number of amides is 1. The van der Waals surface area contributed by atoms with Gasteiger partial charge in [0.05, 0.1) is 11.3 Å². The molecule has 13 heteroatoms. The fourth-order valence-corrected chi connectivity index (χ4v) is 4.19. The van der Waals surface area contributed by atoms with Crippen molar-refractivity contribution in [1.29, 1.82) is 0 Å². The molecule has 0 unspecified atom stereocenters. The SMILES string of the molecule is CCc1cc(F)c(-c2c(NC(=O)c3ccc(OC(F)(F)F)cc3)c(=O)n(-c3cccc(C(C)(C)O)n3)n2C)c(F)c1. The van der Waals surface area contributed by atoms with Crippen LogP contribution in [0.5, 0.6) is 5.75 Å². The molecule has 0 saturated carbocycles. The third-order valence-electron chi connectivity index (χ3n) is 6.18. The summed E-state index contributed by atoms with van der Waals surface area (Å²) in [6.45, 7) is 4.67. The largest absolute Gasteiger partial charge is 0.573 e. The smallest absolute Gasteiger partial charge is 0.406 e. The number of carbonyl (C=O) groups is 1. The number of nitrogens with zero attached hydrogens (tertiary/aromatic N) is 3. The van der Waals surface area contributed by atoms with Crippen LogP contribution in [0, 0.1) is 11.6 Å². The van der Waals surface area contributed by atoms with E-state index in [1.807, 2.05) is 0 Å². The zero-order valence-electron chi connectivity index (χ0n) is 22.3. The van der Waals surface area contributed by atoms with Crippen molar-refractivity contribution in [1.82, 2.24) is 14.3 Å². The maximum absolute atomic E-state index is 15.3. The van der Waals surface area contributed by atoms with Gasteiger partial charge in [-0.25, -0.2) is 13.8 Å². The number of aromatic nitrogens is 3. The molecule has 2 aromatic carbocycles. The first-order chi connectivity index (χ1) is 19.1. The molecule has 2 aromatic heterocycles. The Labute approximate surface area is 230 Å². The van der Waals surface area contributed by atoms with E-state index in [9.17, 15) is 27.9 Å². The Morgan fingerprint density at radius 3 is 2.20 bits per heavy atom. The molecule has 4 aromatic rings. The lowest BCUT2D eigenvalue weighted by molar-refractivity contribution is -0.274. The van der Waals surface area contributed by atoms with Gasteiger partial charge in [-0.3, -0.25) is 14.3 Å². The fraction of sp³-hybridized carbons (Fsp3) is 0.250. The number of halogens is 5. The van der Waals surface area contributed by atoms with E-state index in [2.05, 4.69) is 15.0 Å². The summed E-state index contributed by atoms with van der Waals surface area (Å²) in [7, 11) is 1.33. The highest BCUT2D eigenvalue weighted by Crippen LogP contribution is 2.33. The molecule has 216 valence electrons. The first kappa shape index (κ1) is 29.5. The van der Waals surface area contributed by atoms with Crippen LogP contribution >= 0.6 is 0 Å². The Bertz CT molecular complexity index is 1650. The lowest BCUT2D eigenvalue weighted by Gasteiger charge is -2.18. The van der Waals surface area contributed by atoms with Crippen molar-refractivity contribution in [2.75, 3.05) is 5.32 Å². The van der Waals surface area contributed by atoms with E-state index in [0.717, 1.165) is 45.8 Å². The van der Waals surface area contributed by atoms with Gasteiger partial charge in [0.15, 0.2) is 5.82 Å². The lowest BCUT2D eigenvalue weighted by Crippen LogP contribution is -2.25. The van der Waals surface area contributed by atoms with Crippen molar-refractivity contribution >= 4 is 11.6 Å². The highest BCUT2D eigenvalue weighted by atomic mass is 19.4. The number of hydrogen-bond acceptors (Lipinski definition) is 5. The Hall–Kier alpha value is -4.52. The monoisotopic (exact) mass is 576 g/mol. The van der Waals surface area contributed by atoms with Crippen LogP contribution in [0.4, 0.5) is 27.6 Å². The summed E-state index contributed by atoms with van der Waals surface area (Å²) >= 11 is 0. The zero-order valence-corrected chi connectivity index (χ0v) is 22.3. The van der Waals surface area contributed by atoms with E-state index in [0.29, 0.717) is 12.0 Å². The molecule has 2 heterocycles. The van der Waals surface area contributed by atoms with Gasteiger partial charge < -0.3 is 15.2 Å². The molecule has 0 fully saturated rings. The molecule has 0 aliphatic carbocycles. The summed E-state index contributed by atoms with van der Waals surface area (Å²) in [5.74, 6) is -3.51. The maximum atomic E-state index is 15.3. The van der Waals surface area contributed by atoms with Crippen LogP contribution in [-0.2, 0) is 19.1 Å². The highest BCUT2D eigenvalue weighted by Gasteiger charge is 2.31.